The molecular formula is C17H26NP. The van der Waals surface area contributed by atoms with E-state index in [1.165, 1.54) is 17.3 Å². The highest BCUT2D eigenvalue weighted by Crippen LogP contribution is 2.24. The molecule has 1 rings (SSSR count). The second-order valence-corrected chi connectivity index (χ2v) is 6.15. The molecule has 1 aromatic rings. The van der Waals surface area contributed by atoms with Crippen LogP contribution in [-0.2, 0) is 6.54 Å². The van der Waals surface area contributed by atoms with E-state index >= 15 is 0 Å². The van der Waals surface area contributed by atoms with Crippen LogP contribution in [0.25, 0.3) is 0 Å². The van der Waals surface area contributed by atoms with Gasteiger partial charge in [-0.15, -0.1) is 0 Å². The maximum absolute atomic E-state index is 3.69. The van der Waals surface area contributed by atoms with Gasteiger partial charge in [0.25, 0.3) is 0 Å². The van der Waals surface area contributed by atoms with Gasteiger partial charge in [0, 0.05) is 12.3 Å². The normalized spacial score (nSPS) is 14.6. The molecule has 0 saturated carbocycles. The summed E-state index contributed by atoms with van der Waals surface area (Å²) in [7, 11) is 0.925. The van der Waals surface area contributed by atoms with Crippen LogP contribution in [0.5, 0.6) is 0 Å². The number of hydrogen-bond acceptors (Lipinski definition) is 1. The van der Waals surface area contributed by atoms with Crippen molar-refractivity contribution in [3.63, 3.8) is 0 Å². The minimum Gasteiger partial charge on any atom is -0.303 e. The minimum atomic E-state index is 0.484. The standard InChI is InChI=1S/C17H26NP/c1-4-7-13-16(5-2)17(19-6-3)18-14-15-11-9-8-10-12-15/h5,7-13,17-19H,4,6,14H2,1-3H3/b13-7-,16-5+. The highest BCUT2D eigenvalue weighted by Gasteiger charge is 2.09. The molecule has 104 valence electrons. The van der Waals surface area contributed by atoms with E-state index < -0.39 is 0 Å². The van der Waals surface area contributed by atoms with E-state index in [9.17, 15) is 0 Å². The molecule has 0 bridgehead atoms. The fraction of sp³-hybridized carbons (Fsp3) is 0.412. The first-order valence-corrected chi connectivity index (χ1v) is 8.43. The first-order chi connectivity index (χ1) is 9.31. The molecule has 1 N–H and O–H groups in total. The third-order valence-electron chi connectivity index (χ3n) is 2.97. The lowest BCUT2D eigenvalue weighted by molar-refractivity contribution is 0.706. The molecule has 2 atom stereocenters. The molecule has 0 fully saturated rings. The summed E-state index contributed by atoms with van der Waals surface area (Å²) < 4.78 is 0. The molecule has 0 aliphatic heterocycles. The molecule has 0 heterocycles. The lowest BCUT2D eigenvalue weighted by Gasteiger charge is -2.20. The average Bonchev–Trinajstić information content (AvgIpc) is 2.46. The quantitative estimate of drug-likeness (QED) is 0.535. The highest BCUT2D eigenvalue weighted by molar-refractivity contribution is 7.39. The van der Waals surface area contributed by atoms with Gasteiger partial charge in [-0.2, -0.15) is 0 Å². The Labute approximate surface area is 120 Å². The van der Waals surface area contributed by atoms with Crippen LogP contribution < -0.4 is 5.32 Å². The predicted molar refractivity (Wildman–Crippen MR) is 89.1 cm³/mol. The van der Waals surface area contributed by atoms with E-state index in [4.69, 9.17) is 0 Å². The number of hydrogen-bond donors (Lipinski definition) is 1. The summed E-state index contributed by atoms with van der Waals surface area (Å²) in [5.41, 5.74) is 2.77. The van der Waals surface area contributed by atoms with Crippen LogP contribution in [0.3, 0.4) is 0 Å². The minimum absolute atomic E-state index is 0.484. The third-order valence-corrected chi connectivity index (χ3v) is 4.33. The van der Waals surface area contributed by atoms with Crippen molar-refractivity contribution in [1.82, 2.24) is 5.32 Å². The van der Waals surface area contributed by atoms with Crippen LogP contribution in [0, 0.1) is 0 Å². The Bertz CT molecular complexity index is 395. The van der Waals surface area contributed by atoms with Crippen molar-refractivity contribution in [1.29, 1.82) is 0 Å². The first kappa shape index (κ1) is 16.1. The third kappa shape index (κ3) is 6.18. The zero-order chi connectivity index (χ0) is 13.9. The van der Waals surface area contributed by atoms with E-state index in [1.807, 2.05) is 0 Å². The predicted octanol–water partition coefficient (Wildman–Crippen LogP) is 4.71. The van der Waals surface area contributed by atoms with Gasteiger partial charge in [0.05, 0.1) is 0 Å². The Morgan fingerprint density at radius 2 is 2.00 bits per heavy atom. The van der Waals surface area contributed by atoms with Crippen molar-refractivity contribution in [3.8, 4) is 0 Å². The Morgan fingerprint density at radius 1 is 1.26 bits per heavy atom. The molecule has 0 aliphatic carbocycles. The van der Waals surface area contributed by atoms with Gasteiger partial charge in [0.1, 0.15) is 0 Å². The lowest BCUT2D eigenvalue weighted by atomic mass is 10.2. The zero-order valence-electron chi connectivity index (χ0n) is 12.3. The average molecular weight is 275 g/mol. The largest absolute Gasteiger partial charge is 0.303 e. The topological polar surface area (TPSA) is 12.0 Å². The molecule has 1 nitrogen and oxygen atoms in total. The number of allylic oxidation sites excluding steroid dienone is 2. The van der Waals surface area contributed by atoms with E-state index in [0.29, 0.717) is 5.78 Å². The molecule has 0 saturated heterocycles. The molecule has 0 aliphatic rings. The van der Waals surface area contributed by atoms with E-state index in [2.05, 4.69) is 74.6 Å². The van der Waals surface area contributed by atoms with Crippen molar-refractivity contribution in [2.75, 3.05) is 6.16 Å². The van der Waals surface area contributed by atoms with Crippen molar-refractivity contribution in [3.05, 3.63) is 59.7 Å². The van der Waals surface area contributed by atoms with Crippen LogP contribution in [0.2, 0.25) is 0 Å². The van der Waals surface area contributed by atoms with Gasteiger partial charge in [0.15, 0.2) is 0 Å². The zero-order valence-corrected chi connectivity index (χ0v) is 13.3. The summed E-state index contributed by atoms with van der Waals surface area (Å²) in [5.74, 6) is 0.484. The van der Waals surface area contributed by atoms with Crippen molar-refractivity contribution in [2.45, 2.75) is 39.5 Å². The Kier molecular flexibility index (Phi) is 8.45. The summed E-state index contributed by atoms with van der Waals surface area (Å²) in [4.78, 5) is 0. The monoisotopic (exact) mass is 275 g/mol. The summed E-state index contributed by atoms with van der Waals surface area (Å²) in [6, 6.07) is 10.6. The summed E-state index contributed by atoms with van der Waals surface area (Å²) in [6.45, 7) is 7.51. The molecular weight excluding hydrogens is 249 g/mol. The molecule has 0 spiro atoms. The van der Waals surface area contributed by atoms with Gasteiger partial charge in [-0.3, -0.25) is 0 Å². The number of nitrogens with one attached hydrogen (secondary N) is 1. The summed E-state index contributed by atoms with van der Waals surface area (Å²) in [6.07, 6.45) is 9.07. The van der Waals surface area contributed by atoms with Crippen molar-refractivity contribution in [2.24, 2.45) is 0 Å². The Hall–Kier alpha value is -0.910. The van der Waals surface area contributed by atoms with Crippen LogP contribution >= 0.6 is 8.58 Å². The van der Waals surface area contributed by atoms with Gasteiger partial charge >= 0.3 is 0 Å². The first-order valence-electron chi connectivity index (χ1n) is 7.15. The molecule has 1 aromatic carbocycles. The van der Waals surface area contributed by atoms with E-state index in [1.54, 1.807) is 0 Å². The van der Waals surface area contributed by atoms with Gasteiger partial charge in [0.2, 0.25) is 0 Å². The van der Waals surface area contributed by atoms with Crippen LogP contribution in [0.4, 0.5) is 0 Å². The van der Waals surface area contributed by atoms with E-state index in [0.717, 1.165) is 21.5 Å². The van der Waals surface area contributed by atoms with Gasteiger partial charge in [-0.1, -0.05) is 71.0 Å². The number of benzene rings is 1. The second kappa shape index (κ2) is 9.95. The second-order valence-electron chi connectivity index (χ2n) is 4.46. The summed E-state index contributed by atoms with van der Waals surface area (Å²) in [5, 5.41) is 3.69. The van der Waals surface area contributed by atoms with Gasteiger partial charge < -0.3 is 5.32 Å². The molecule has 19 heavy (non-hydrogen) atoms. The molecule has 2 heteroatoms. The van der Waals surface area contributed by atoms with Crippen LogP contribution in [0.15, 0.2) is 54.1 Å². The molecule has 0 amide bonds. The Morgan fingerprint density at radius 3 is 2.58 bits per heavy atom. The summed E-state index contributed by atoms with van der Waals surface area (Å²) >= 11 is 0. The highest BCUT2D eigenvalue weighted by atomic mass is 31.1. The molecule has 0 aromatic heterocycles. The lowest BCUT2D eigenvalue weighted by Crippen LogP contribution is -2.26. The fourth-order valence-electron chi connectivity index (χ4n) is 1.94. The Balaban J connectivity index is 2.64. The van der Waals surface area contributed by atoms with Gasteiger partial charge in [-0.05, 0) is 30.6 Å². The fourth-order valence-corrected chi connectivity index (χ4v) is 3.09. The van der Waals surface area contributed by atoms with Gasteiger partial charge in [-0.25, -0.2) is 0 Å². The van der Waals surface area contributed by atoms with Crippen LogP contribution in [0.1, 0.15) is 32.8 Å². The van der Waals surface area contributed by atoms with Crippen molar-refractivity contribution < 1.29 is 0 Å². The maximum atomic E-state index is 3.69. The molecule has 0 radical (unpaired) electrons. The van der Waals surface area contributed by atoms with E-state index in [-0.39, 0.29) is 0 Å². The number of rotatable bonds is 8. The van der Waals surface area contributed by atoms with Crippen molar-refractivity contribution >= 4 is 8.58 Å². The molecule has 2 unspecified atom stereocenters. The smallest absolute Gasteiger partial charge is 0.0491 e. The van der Waals surface area contributed by atoms with Crippen LogP contribution in [-0.4, -0.2) is 11.9 Å². The SMILES string of the molecule is C/C=C(\C=C/CC)C(NCc1ccccc1)PCC. The maximum Gasteiger partial charge on any atom is 0.0491 e.